The van der Waals surface area contributed by atoms with E-state index in [-0.39, 0.29) is 11.9 Å². The lowest BCUT2D eigenvalue weighted by atomic mass is 10.4. The van der Waals surface area contributed by atoms with Gasteiger partial charge in [-0.2, -0.15) is 0 Å². The number of ether oxygens (including phenoxy) is 1. The summed E-state index contributed by atoms with van der Waals surface area (Å²) in [4.78, 5) is 8.25. The maximum absolute atomic E-state index is 11.1. The molecule has 0 aromatic heterocycles. The van der Waals surface area contributed by atoms with Crippen LogP contribution in [0, 0.1) is 0 Å². The fourth-order valence-electron chi connectivity index (χ4n) is 0.626. The van der Waals surface area contributed by atoms with Crippen LogP contribution in [0.15, 0.2) is 11.8 Å². The number of rotatable bonds is 4. The SMILES string of the molecule is CC(=CC(=O)OC(C)C)OP(=S)(Cl)Cl. The van der Waals surface area contributed by atoms with Crippen LogP contribution in [0.2, 0.25) is 0 Å². The molecular weight excluding hydrogens is 266 g/mol. The van der Waals surface area contributed by atoms with Crippen molar-refractivity contribution in [1.29, 1.82) is 0 Å². The Kier molecular flexibility index (Phi) is 6.06. The lowest BCUT2D eigenvalue weighted by Gasteiger charge is -2.09. The molecule has 0 heterocycles. The fraction of sp³-hybridized carbons (Fsp3) is 0.571. The van der Waals surface area contributed by atoms with Crippen LogP contribution in [-0.2, 0) is 25.9 Å². The predicted octanol–water partition coefficient (Wildman–Crippen LogP) is 3.56. The third-order valence-electron chi connectivity index (χ3n) is 0.923. The molecule has 0 saturated carbocycles. The van der Waals surface area contributed by atoms with Crippen LogP contribution in [0.1, 0.15) is 20.8 Å². The van der Waals surface area contributed by atoms with Crippen molar-refractivity contribution >= 4 is 45.2 Å². The van der Waals surface area contributed by atoms with Gasteiger partial charge in [0.2, 0.25) is 0 Å². The maximum Gasteiger partial charge on any atom is 0.334 e. The van der Waals surface area contributed by atoms with Crippen molar-refractivity contribution in [2.45, 2.75) is 26.9 Å². The summed E-state index contributed by atoms with van der Waals surface area (Å²) in [6, 6.07) is 0. The molecule has 0 bridgehead atoms. The van der Waals surface area contributed by atoms with E-state index in [0.717, 1.165) is 6.08 Å². The molecule has 0 fully saturated rings. The van der Waals surface area contributed by atoms with Gasteiger partial charge in [0.25, 0.3) is 4.97 Å². The Morgan fingerprint density at radius 2 is 2.00 bits per heavy atom. The molecule has 0 aromatic carbocycles. The summed E-state index contributed by atoms with van der Waals surface area (Å²) in [7, 11) is 0. The molecule has 0 amide bonds. The molecule has 0 spiro atoms. The van der Waals surface area contributed by atoms with Gasteiger partial charge in [-0.3, -0.25) is 0 Å². The van der Waals surface area contributed by atoms with Crippen LogP contribution in [0.4, 0.5) is 0 Å². The average Bonchev–Trinajstić information content (AvgIpc) is 1.77. The van der Waals surface area contributed by atoms with Gasteiger partial charge in [0, 0.05) is 0 Å². The van der Waals surface area contributed by atoms with Crippen LogP contribution in [0.25, 0.3) is 0 Å². The van der Waals surface area contributed by atoms with Crippen LogP contribution in [0.5, 0.6) is 0 Å². The summed E-state index contributed by atoms with van der Waals surface area (Å²) < 4.78 is 9.74. The Morgan fingerprint density at radius 3 is 2.36 bits per heavy atom. The summed E-state index contributed by atoms with van der Waals surface area (Å²) >= 11 is 15.6. The molecule has 82 valence electrons. The molecule has 0 atom stereocenters. The number of hydrogen-bond acceptors (Lipinski definition) is 4. The van der Waals surface area contributed by atoms with E-state index in [1.54, 1.807) is 13.8 Å². The summed E-state index contributed by atoms with van der Waals surface area (Å²) in [5, 5.41) is 0. The molecule has 7 heteroatoms. The van der Waals surface area contributed by atoms with Gasteiger partial charge in [-0.05, 0) is 55.1 Å². The Balaban J connectivity index is 4.24. The quantitative estimate of drug-likeness (QED) is 0.340. The second-order valence-corrected chi connectivity index (χ2v) is 9.88. The molecule has 0 aliphatic carbocycles. The van der Waals surface area contributed by atoms with Gasteiger partial charge in [0.1, 0.15) is 5.76 Å². The highest BCUT2D eigenvalue weighted by molar-refractivity contribution is 8.36. The number of allylic oxidation sites excluding steroid dienone is 1. The molecule has 0 rings (SSSR count). The second kappa shape index (κ2) is 5.96. The van der Waals surface area contributed by atoms with Gasteiger partial charge < -0.3 is 9.26 Å². The third-order valence-corrected chi connectivity index (χ3v) is 2.06. The molecule has 0 aliphatic rings. The highest BCUT2D eigenvalue weighted by atomic mass is 35.9. The van der Waals surface area contributed by atoms with Crippen LogP contribution in [-0.4, -0.2) is 12.1 Å². The van der Waals surface area contributed by atoms with Crippen molar-refractivity contribution in [2.24, 2.45) is 0 Å². The van der Waals surface area contributed by atoms with E-state index >= 15 is 0 Å². The smallest absolute Gasteiger partial charge is 0.334 e. The third kappa shape index (κ3) is 8.82. The Labute approximate surface area is 98.0 Å². The first-order chi connectivity index (χ1) is 6.20. The van der Waals surface area contributed by atoms with Gasteiger partial charge in [-0.1, -0.05) is 0 Å². The van der Waals surface area contributed by atoms with E-state index in [2.05, 4.69) is 11.8 Å². The molecule has 0 saturated heterocycles. The van der Waals surface area contributed by atoms with Gasteiger partial charge in [0.05, 0.1) is 12.2 Å². The van der Waals surface area contributed by atoms with Crippen molar-refractivity contribution in [1.82, 2.24) is 0 Å². The Bertz CT molecular complexity index is 285. The highest BCUT2D eigenvalue weighted by Crippen LogP contribution is 2.59. The zero-order valence-corrected chi connectivity index (χ0v) is 11.2. The highest BCUT2D eigenvalue weighted by Gasteiger charge is 2.11. The monoisotopic (exact) mass is 276 g/mol. The molecule has 0 aromatic rings. The van der Waals surface area contributed by atoms with E-state index in [4.69, 9.17) is 31.7 Å². The maximum atomic E-state index is 11.1. The number of carbonyl (C=O) groups is 1. The molecule has 3 nitrogen and oxygen atoms in total. The average molecular weight is 277 g/mol. The normalized spacial score (nSPS) is 12.9. The molecule has 0 aliphatic heterocycles. The molecule has 0 unspecified atom stereocenters. The lowest BCUT2D eigenvalue weighted by Crippen LogP contribution is -2.09. The van der Waals surface area contributed by atoms with Gasteiger partial charge >= 0.3 is 5.97 Å². The topological polar surface area (TPSA) is 35.5 Å². The van der Waals surface area contributed by atoms with Crippen molar-refractivity contribution in [2.75, 3.05) is 0 Å². The fourth-order valence-corrected chi connectivity index (χ4v) is 2.02. The minimum Gasteiger partial charge on any atom is -0.460 e. The summed E-state index contributed by atoms with van der Waals surface area (Å²) in [5.74, 6) is -0.252. The Morgan fingerprint density at radius 1 is 1.50 bits per heavy atom. The van der Waals surface area contributed by atoms with E-state index in [1.807, 2.05) is 0 Å². The minimum atomic E-state index is -2.81. The van der Waals surface area contributed by atoms with Crippen molar-refractivity contribution in [3.05, 3.63) is 11.8 Å². The number of esters is 1. The first-order valence-corrected chi connectivity index (χ1v) is 8.31. The van der Waals surface area contributed by atoms with E-state index in [1.165, 1.54) is 6.92 Å². The van der Waals surface area contributed by atoms with E-state index < -0.39 is 10.9 Å². The van der Waals surface area contributed by atoms with E-state index in [0.29, 0.717) is 0 Å². The van der Waals surface area contributed by atoms with Crippen LogP contribution >= 0.6 is 27.5 Å². The number of halogens is 2. The summed E-state index contributed by atoms with van der Waals surface area (Å²) in [5.41, 5.74) is 0. The first kappa shape index (κ1) is 14.2. The van der Waals surface area contributed by atoms with Gasteiger partial charge in [0.15, 0.2) is 0 Å². The Hall–Kier alpha value is 0.240. The largest absolute Gasteiger partial charge is 0.460 e. The summed E-state index contributed by atoms with van der Waals surface area (Å²) in [6.45, 7) is 5.03. The standard InChI is InChI=1S/C7H11Cl2O3PS/c1-5(2)11-7(10)4-6(3)12-13(8,9)14/h4-5H,1-3H3. The number of hydrogen-bond donors (Lipinski definition) is 0. The minimum absolute atomic E-state index is 0.179. The predicted molar refractivity (Wildman–Crippen MR) is 62.1 cm³/mol. The molecule has 0 N–H and O–H groups in total. The van der Waals surface area contributed by atoms with Crippen LogP contribution in [0.3, 0.4) is 0 Å². The summed E-state index contributed by atoms with van der Waals surface area (Å²) in [6.07, 6.45) is 0.979. The molecule has 14 heavy (non-hydrogen) atoms. The van der Waals surface area contributed by atoms with Crippen molar-refractivity contribution in [3.63, 3.8) is 0 Å². The zero-order valence-electron chi connectivity index (χ0n) is 7.99. The van der Waals surface area contributed by atoms with Crippen molar-refractivity contribution in [3.8, 4) is 0 Å². The van der Waals surface area contributed by atoms with Gasteiger partial charge in [-0.25, -0.2) is 4.79 Å². The van der Waals surface area contributed by atoms with E-state index in [9.17, 15) is 4.79 Å². The number of carbonyl (C=O) groups excluding carboxylic acids is 1. The van der Waals surface area contributed by atoms with Crippen LogP contribution < -0.4 is 0 Å². The first-order valence-electron chi connectivity index (χ1n) is 3.78. The molecule has 0 radical (unpaired) electrons. The van der Waals surface area contributed by atoms with Gasteiger partial charge in [-0.15, -0.1) is 0 Å². The lowest BCUT2D eigenvalue weighted by molar-refractivity contribution is -0.141. The molecular formula is C7H11Cl2O3PS. The zero-order chi connectivity index (χ0) is 11.4. The second-order valence-electron chi connectivity index (χ2n) is 2.75. The van der Waals surface area contributed by atoms with Crippen molar-refractivity contribution < 1.29 is 14.1 Å².